The molecule has 22 heavy (non-hydrogen) atoms. The van der Waals surface area contributed by atoms with Gasteiger partial charge in [0, 0.05) is 11.6 Å². The molecule has 1 aliphatic heterocycles. The molecule has 2 rings (SSSR count). The van der Waals surface area contributed by atoms with Crippen LogP contribution >= 0.6 is 12.4 Å². The number of amides is 1. The fourth-order valence-corrected chi connectivity index (χ4v) is 3.40. The van der Waals surface area contributed by atoms with Crippen molar-refractivity contribution in [3.05, 3.63) is 23.8 Å². The van der Waals surface area contributed by atoms with Crippen LogP contribution in [0.5, 0.6) is 0 Å². The zero-order valence-corrected chi connectivity index (χ0v) is 14.3. The van der Waals surface area contributed by atoms with Crippen molar-refractivity contribution in [2.24, 2.45) is 5.92 Å². The maximum atomic E-state index is 12.2. The largest absolute Gasteiger partial charge is 0.326 e. The van der Waals surface area contributed by atoms with E-state index in [1.54, 1.807) is 19.1 Å². The van der Waals surface area contributed by atoms with Crippen molar-refractivity contribution >= 4 is 34.0 Å². The van der Waals surface area contributed by atoms with Crippen LogP contribution in [0.1, 0.15) is 18.4 Å². The molecule has 1 aliphatic rings. The Hall–Kier alpha value is -1.15. The summed E-state index contributed by atoms with van der Waals surface area (Å²) in [6.45, 7) is 3.40. The molecule has 0 aliphatic carbocycles. The van der Waals surface area contributed by atoms with E-state index in [9.17, 15) is 13.2 Å². The summed E-state index contributed by atoms with van der Waals surface area (Å²) in [5.41, 5.74) is 1.15. The predicted octanol–water partition coefficient (Wildman–Crippen LogP) is 1.26. The molecular weight excluding hydrogens is 326 g/mol. The number of piperidine rings is 1. The van der Waals surface area contributed by atoms with Crippen LogP contribution in [0.25, 0.3) is 0 Å². The van der Waals surface area contributed by atoms with Gasteiger partial charge in [-0.15, -0.1) is 12.4 Å². The van der Waals surface area contributed by atoms with E-state index in [2.05, 4.69) is 15.4 Å². The summed E-state index contributed by atoms with van der Waals surface area (Å²) in [6, 6.07) is 4.92. The van der Waals surface area contributed by atoms with E-state index < -0.39 is 10.0 Å². The smallest absolute Gasteiger partial charge is 0.240 e. The molecule has 0 radical (unpaired) electrons. The minimum absolute atomic E-state index is 0. The fourth-order valence-electron chi connectivity index (χ4n) is 2.41. The molecule has 6 nitrogen and oxygen atoms in total. The Kier molecular flexibility index (Phi) is 6.80. The topological polar surface area (TPSA) is 87.3 Å². The second kappa shape index (κ2) is 7.92. The Labute approximate surface area is 137 Å². The Bertz CT molecular complexity index is 628. The maximum absolute atomic E-state index is 12.2. The van der Waals surface area contributed by atoms with E-state index in [0.717, 1.165) is 25.9 Å². The monoisotopic (exact) mass is 347 g/mol. The number of carbonyl (C=O) groups excluding carboxylic acids is 1. The molecule has 3 N–H and O–H groups in total. The molecule has 0 saturated carbocycles. The van der Waals surface area contributed by atoms with Crippen LogP contribution in [0.4, 0.5) is 5.69 Å². The molecule has 1 heterocycles. The molecule has 8 heteroatoms. The van der Waals surface area contributed by atoms with Gasteiger partial charge in [0.1, 0.15) is 0 Å². The molecule has 1 aromatic carbocycles. The number of aryl methyl sites for hydroxylation is 1. The van der Waals surface area contributed by atoms with Crippen LogP contribution in [0, 0.1) is 12.8 Å². The van der Waals surface area contributed by atoms with Crippen molar-refractivity contribution in [1.29, 1.82) is 0 Å². The number of rotatable bonds is 4. The van der Waals surface area contributed by atoms with Gasteiger partial charge in [-0.05, 0) is 57.6 Å². The summed E-state index contributed by atoms with van der Waals surface area (Å²) in [4.78, 5) is 12.4. The van der Waals surface area contributed by atoms with E-state index in [4.69, 9.17) is 0 Å². The van der Waals surface area contributed by atoms with Crippen molar-refractivity contribution < 1.29 is 13.2 Å². The van der Waals surface area contributed by atoms with E-state index >= 15 is 0 Å². The zero-order chi connectivity index (χ0) is 15.5. The summed E-state index contributed by atoms with van der Waals surface area (Å²) >= 11 is 0. The first-order valence-corrected chi connectivity index (χ1v) is 8.48. The highest BCUT2D eigenvalue weighted by molar-refractivity contribution is 7.89. The van der Waals surface area contributed by atoms with Gasteiger partial charge < -0.3 is 10.6 Å². The Morgan fingerprint density at radius 3 is 2.50 bits per heavy atom. The first-order valence-electron chi connectivity index (χ1n) is 7.00. The number of halogens is 1. The number of carbonyl (C=O) groups is 1. The van der Waals surface area contributed by atoms with Crippen LogP contribution in [0.15, 0.2) is 23.1 Å². The fraction of sp³-hybridized carbons (Fsp3) is 0.500. The van der Waals surface area contributed by atoms with Crippen molar-refractivity contribution in [3.8, 4) is 0 Å². The number of nitrogens with one attached hydrogen (secondary N) is 3. The Balaban J connectivity index is 0.00000242. The van der Waals surface area contributed by atoms with Crippen LogP contribution < -0.4 is 15.4 Å². The number of sulfonamides is 1. The predicted molar refractivity (Wildman–Crippen MR) is 88.9 cm³/mol. The van der Waals surface area contributed by atoms with E-state index in [-0.39, 0.29) is 29.1 Å². The zero-order valence-electron chi connectivity index (χ0n) is 12.7. The molecule has 1 aromatic rings. The van der Waals surface area contributed by atoms with Gasteiger partial charge >= 0.3 is 0 Å². The maximum Gasteiger partial charge on any atom is 0.240 e. The van der Waals surface area contributed by atoms with Gasteiger partial charge in [-0.2, -0.15) is 0 Å². The number of benzene rings is 1. The van der Waals surface area contributed by atoms with Gasteiger partial charge in [-0.1, -0.05) is 6.07 Å². The minimum atomic E-state index is -3.52. The summed E-state index contributed by atoms with van der Waals surface area (Å²) in [7, 11) is -2.15. The lowest BCUT2D eigenvalue weighted by Gasteiger charge is -2.22. The lowest BCUT2D eigenvalue weighted by Crippen LogP contribution is -2.34. The molecule has 0 spiro atoms. The van der Waals surface area contributed by atoms with Gasteiger partial charge in [0.05, 0.1) is 4.90 Å². The molecule has 0 bridgehead atoms. The first-order chi connectivity index (χ1) is 9.94. The molecule has 1 fully saturated rings. The number of hydrogen-bond acceptors (Lipinski definition) is 4. The molecule has 0 unspecified atom stereocenters. The molecule has 1 amide bonds. The third-order valence-electron chi connectivity index (χ3n) is 3.72. The second-order valence-corrected chi connectivity index (χ2v) is 7.06. The van der Waals surface area contributed by atoms with Crippen molar-refractivity contribution in [2.45, 2.75) is 24.7 Å². The van der Waals surface area contributed by atoms with Gasteiger partial charge in [-0.25, -0.2) is 13.1 Å². The normalized spacial score (nSPS) is 15.9. The van der Waals surface area contributed by atoms with E-state index in [1.165, 1.54) is 13.1 Å². The summed E-state index contributed by atoms with van der Waals surface area (Å²) < 4.78 is 26.2. The van der Waals surface area contributed by atoms with E-state index in [1.807, 2.05) is 0 Å². The van der Waals surface area contributed by atoms with Crippen molar-refractivity contribution in [1.82, 2.24) is 10.0 Å². The molecule has 1 saturated heterocycles. The SMILES string of the molecule is CNS(=O)(=O)c1cc(NC(=O)C2CCNCC2)ccc1C.Cl. The van der Waals surface area contributed by atoms with Gasteiger partial charge in [0.2, 0.25) is 15.9 Å². The standard InChI is InChI=1S/C14H21N3O3S.ClH/c1-10-3-4-12(9-13(10)21(19,20)15-2)17-14(18)11-5-7-16-8-6-11;/h3-4,9,11,15-16H,5-8H2,1-2H3,(H,17,18);1H. The lowest BCUT2D eigenvalue weighted by molar-refractivity contribution is -0.120. The molecule has 124 valence electrons. The summed E-state index contributed by atoms with van der Waals surface area (Å²) in [5.74, 6) is -0.0648. The van der Waals surface area contributed by atoms with E-state index in [0.29, 0.717) is 11.3 Å². The van der Waals surface area contributed by atoms with Crippen molar-refractivity contribution in [3.63, 3.8) is 0 Å². The van der Waals surface area contributed by atoms with Crippen molar-refractivity contribution in [2.75, 3.05) is 25.5 Å². The molecule has 0 atom stereocenters. The minimum Gasteiger partial charge on any atom is -0.326 e. The Morgan fingerprint density at radius 2 is 1.91 bits per heavy atom. The van der Waals surface area contributed by atoms with Gasteiger partial charge in [-0.3, -0.25) is 4.79 Å². The quantitative estimate of drug-likeness (QED) is 0.765. The number of anilines is 1. The van der Waals surface area contributed by atoms with Gasteiger partial charge in [0.25, 0.3) is 0 Å². The highest BCUT2D eigenvalue weighted by Gasteiger charge is 2.22. The van der Waals surface area contributed by atoms with Gasteiger partial charge in [0.15, 0.2) is 0 Å². The highest BCUT2D eigenvalue weighted by Crippen LogP contribution is 2.21. The summed E-state index contributed by atoms with van der Waals surface area (Å²) in [5, 5.41) is 6.03. The average Bonchev–Trinajstić information content (AvgIpc) is 2.50. The molecule has 0 aromatic heterocycles. The highest BCUT2D eigenvalue weighted by atomic mass is 35.5. The Morgan fingerprint density at radius 1 is 1.27 bits per heavy atom. The lowest BCUT2D eigenvalue weighted by atomic mass is 9.97. The first kappa shape index (κ1) is 18.9. The third-order valence-corrected chi connectivity index (χ3v) is 5.28. The second-order valence-electron chi connectivity index (χ2n) is 5.20. The summed E-state index contributed by atoms with van der Waals surface area (Å²) in [6.07, 6.45) is 1.61. The molecular formula is C14H22ClN3O3S. The van der Waals surface area contributed by atoms with Crippen LogP contribution in [0.3, 0.4) is 0 Å². The number of hydrogen-bond donors (Lipinski definition) is 3. The van der Waals surface area contributed by atoms with Crippen LogP contribution in [-0.2, 0) is 14.8 Å². The third kappa shape index (κ3) is 4.42. The average molecular weight is 348 g/mol. The van der Waals surface area contributed by atoms with Crippen LogP contribution in [0.2, 0.25) is 0 Å². The van der Waals surface area contributed by atoms with Crippen LogP contribution in [-0.4, -0.2) is 34.5 Å².